The van der Waals surface area contributed by atoms with Crippen molar-refractivity contribution in [2.24, 2.45) is 0 Å². The van der Waals surface area contributed by atoms with Crippen LogP contribution in [0.25, 0.3) is 0 Å². The molecule has 38 heavy (non-hydrogen) atoms. The van der Waals surface area contributed by atoms with Crippen LogP contribution in [-0.4, -0.2) is 80.0 Å². The van der Waals surface area contributed by atoms with Gasteiger partial charge in [-0.05, 0) is 47.5 Å². The van der Waals surface area contributed by atoms with E-state index in [0.29, 0.717) is 49.7 Å². The van der Waals surface area contributed by atoms with Crippen LogP contribution in [0.3, 0.4) is 0 Å². The van der Waals surface area contributed by atoms with Gasteiger partial charge >= 0.3 is 0 Å². The number of methoxy groups -OCH3 is 2. The van der Waals surface area contributed by atoms with Gasteiger partial charge in [0.25, 0.3) is 5.91 Å². The number of benzene rings is 2. The SMILES string of the molecule is COc1cc(OC)cc(C(=O)N2CCCN(C(=O)CCN3CCc4sccc4C3c3ccccc3)CC2)c1. The van der Waals surface area contributed by atoms with Crippen LogP contribution in [0.1, 0.15) is 45.2 Å². The summed E-state index contributed by atoms with van der Waals surface area (Å²) in [5.41, 5.74) is 3.18. The van der Waals surface area contributed by atoms with Gasteiger partial charge in [0.05, 0.1) is 20.3 Å². The van der Waals surface area contributed by atoms with Crippen molar-refractivity contribution in [2.45, 2.75) is 25.3 Å². The normalized spacial score (nSPS) is 18.0. The van der Waals surface area contributed by atoms with Crippen molar-refractivity contribution in [1.29, 1.82) is 0 Å². The maximum absolute atomic E-state index is 13.3. The third-order valence-corrected chi connectivity index (χ3v) is 8.52. The van der Waals surface area contributed by atoms with Crippen LogP contribution >= 0.6 is 11.3 Å². The first-order chi connectivity index (χ1) is 18.6. The van der Waals surface area contributed by atoms with Crippen LogP contribution in [0.5, 0.6) is 11.5 Å². The Morgan fingerprint density at radius 3 is 2.34 bits per heavy atom. The zero-order chi connectivity index (χ0) is 26.5. The van der Waals surface area contributed by atoms with Crippen molar-refractivity contribution in [3.8, 4) is 11.5 Å². The summed E-state index contributed by atoms with van der Waals surface area (Å²) in [6, 6.07) is 18.3. The van der Waals surface area contributed by atoms with E-state index >= 15 is 0 Å². The quantitative estimate of drug-likeness (QED) is 0.448. The topological polar surface area (TPSA) is 62.3 Å². The molecule has 1 fully saturated rings. The molecule has 0 saturated carbocycles. The maximum atomic E-state index is 13.3. The van der Waals surface area contributed by atoms with Crippen molar-refractivity contribution in [3.63, 3.8) is 0 Å². The van der Waals surface area contributed by atoms with E-state index in [1.165, 1.54) is 16.0 Å². The summed E-state index contributed by atoms with van der Waals surface area (Å²) in [7, 11) is 3.15. The molecule has 2 amide bonds. The van der Waals surface area contributed by atoms with Crippen molar-refractivity contribution in [1.82, 2.24) is 14.7 Å². The molecule has 8 heteroatoms. The van der Waals surface area contributed by atoms with E-state index in [0.717, 1.165) is 25.9 Å². The predicted molar refractivity (Wildman–Crippen MR) is 149 cm³/mol. The molecule has 5 rings (SSSR count). The molecule has 0 bridgehead atoms. The van der Waals surface area contributed by atoms with E-state index in [-0.39, 0.29) is 17.9 Å². The van der Waals surface area contributed by atoms with E-state index in [1.54, 1.807) is 32.4 Å². The second-order valence-electron chi connectivity index (χ2n) is 9.78. The first-order valence-electron chi connectivity index (χ1n) is 13.2. The summed E-state index contributed by atoms with van der Waals surface area (Å²) < 4.78 is 10.7. The van der Waals surface area contributed by atoms with Crippen molar-refractivity contribution in [2.75, 3.05) is 53.5 Å². The highest BCUT2D eigenvalue weighted by Crippen LogP contribution is 2.37. The van der Waals surface area contributed by atoms with Gasteiger partial charge in [0.1, 0.15) is 11.5 Å². The number of nitrogens with zero attached hydrogens (tertiary/aromatic N) is 3. The van der Waals surface area contributed by atoms with Crippen LogP contribution < -0.4 is 9.47 Å². The lowest BCUT2D eigenvalue weighted by Gasteiger charge is -2.36. The van der Waals surface area contributed by atoms with Crippen LogP contribution in [0.2, 0.25) is 0 Å². The highest BCUT2D eigenvalue weighted by Gasteiger charge is 2.30. The average molecular weight is 534 g/mol. The molecule has 3 aromatic rings. The average Bonchev–Trinajstić information content (AvgIpc) is 3.31. The number of carbonyl (C=O) groups excluding carboxylic acids is 2. The van der Waals surface area contributed by atoms with Crippen molar-refractivity contribution in [3.05, 3.63) is 81.5 Å². The number of carbonyl (C=O) groups is 2. The lowest BCUT2D eigenvalue weighted by atomic mass is 9.93. The zero-order valence-corrected chi connectivity index (χ0v) is 22.9. The van der Waals surface area contributed by atoms with E-state index in [1.807, 2.05) is 27.2 Å². The number of amides is 2. The summed E-state index contributed by atoms with van der Waals surface area (Å²) in [6.07, 6.45) is 2.26. The highest BCUT2D eigenvalue weighted by atomic mass is 32.1. The predicted octanol–water partition coefficient (Wildman–Crippen LogP) is 4.48. The smallest absolute Gasteiger partial charge is 0.254 e. The fourth-order valence-corrected chi connectivity index (χ4v) is 6.42. The largest absolute Gasteiger partial charge is 0.497 e. The fourth-order valence-electron chi connectivity index (χ4n) is 5.52. The Hall–Kier alpha value is -3.36. The number of hydrogen-bond acceptors (Lipinski definition) is 6. The Kier molecular flexibility index (Phi) is 8.29. The van der Waals surface area contributed by atoms with E-state index < -0.39 is 0 Å². The molecule has 200 valence electrons. The third-order valence-electron chi connectivity index (χ3n) is 7.53. The Bertz CT molecular complexity index is 1240. The van der Waals surface area contributed by atoms with Gasteiger partial charge in [0.2, 0.25) is 5.91 Å². The molecule has 1 aromatic heterocycles. The first kappa shape index (κ1) is 26.3. The van der Waals surface area contributed by atoms with E-state index in [9.17, 15) is 9.59 Å². The van der Waals surface area contributed by atoms with Gasteiger partial charge in [0, 0.05) is 62.2 Å². The monoisotopic (exact) mass is 533 g/mol. The zero-order valence-electron chi connectivity index (χ0n) is 22.1. The Morgan fingerprint density at radius 2 is 1.61 bits per heavy atom. The lowest BCUT2D eigenvalue weighted by Crippen LogP contribution is -2.40. The minimum atomic E-state index is -0.0675. The molecule has 1 atom stereocenters. The highest BCUT2D eigenvalue weighted by molar-refractivity contribution is 7.10. The minimum Gasteiger partial charge on any atom is -0.497 e. The third kappa shape index (κ3) is 5.71. The number of rotatable bonds is 7. The maximum Gasteiger partial charge on any atom is 0.254 e. The summed E-state index contributed by atoms with van der Waals surface area (Å²) in [6.45, 7) is 4.01. The van der Waals surface area contributed by atoms with Gasteiger partial charge < -0.3 is 19.3 Å². The molecule has 3 heterocycles. The standard InChI is InChI=1S/C30H35N3O4S/c1-36-24-19-23(20-25(21-24)37-2)30(35)33-13-6-12-31(16-17-33)28(34)10-15-32-14-9-27-26(11-18-38-27)29(32)22-7-4-3-5-8-22/h3-5,7-8,11,18-21,29H,6,9-10,12-17H2,1-2H3. The molecule has 0 aliphatic carbocycles. The molecule has 0 radical (unpaired) electrons. The molecule has 7 nitrogen and oxygen atoms in total. The van der Waals surface area contributed by atoms with Gasteiger partial charge in [-0.25, -0.2) is 0 Å². The molecule has 1 unspecified atom stereocenters. The molecule has 2 aliphatic heterocycles. The minimum absolute atomic E-state index is 0.0675. The molecular formula is C30H35N3O4S. The Morgan fingerprint density at radius 1 is 0.895 bits per heavy atom. The van der Waals surface area contributed by atoms with Crippen LogP contribution in [0, 0.1) is 0 Å². The molecule has 0 N–H and O–H groups in total. The molecular weight excluding hydrogens is 498 g/mol. The molecule has 2 aromatic carbocycles. The van der Waals surface area contributed by atoms with Gasteiger partial charge in [-0.1, -0.05) is 30.3 Å². The van der Waals surface area contributed by atoms with Gasteiger partial charge in [0.15, 0.2) is 0 Å². The molecule has 0 spiro atoms. The summed E-state index contributed by atoms with van der Waals surface area (Å²) in [5.74, 6) is 1.26. The summed E-state index contributed by atoms with van der Waals surface area (Å²) in [4.78, 5) is 34.2. The summed E-state index contributed by atoms with van der Waals surface area (Å²) in [5, 5.41) is 2.18. The number of ether oxygens (including phenoxy) is 2. The van der Waals surface area contributed by atoms with E-state index in [4.69, 9.17) is 9.47 Å². The lowest BCUT2D eigenvalue weighted by molar-refractivity contribution is -0.131. The van der Waals surface area contributed by atoms with Crippen LogP contribution in [-0.2, 0) is 11.2 Å². The van der Waals surface area contributed by atoms with Gasteiger partial charge in [-0.2, -0.15) is 0 Å². The number of fused-ring (bicyclic) bond motifs is 1. The number of hydrogen-bond donors (Lipinski definition) is 0. The molecule has 2 aliphatic rings. The van der Waals surface area contributed by atoms with Crippen LogP contribution in [0.4, 0.5) is 0 Å². The summed E-state index contributed by atoms with van der Waals surface area (Å²) >= 11 is 1.83. The van der Waals surface area contributed by atoms with Crippen molar-refractivity contribution >= 4 is 23.2 Å². The fraction of sp³-hybridized carbons (Fsp3) is 0.400. The molecule has 1 saturated heterocycles. The first-order valence-corrected chi connectivity index (χ1v) is 14.1. The Labute approximate surface area is 228 Å². The van der Waals surface area contributed by atoms with Crippen molar-refractivity contribution < 1.29 is 19.1 Å². The van der Waals surface area contributed by atoms with E-state index in [2.05, 4.69) is 40.6 Å². The van der Waals surface area contributed by atoms with Gasteiger partial charge in [-0.3, -0.25) is 14.5 Å². The second kappa shape index (κ2) is 12.0. The van der Waals surface area contributed by atoms with Crippen LogP contribution in [0.15, 0.2) is 60.0 Å². The van der Waals surface area contributed by atoms with Gasteiger partial charge in [-0.15, -0.1) is 11.3 Å². The Balaban J connectivity index is 1.21. The second-order valence-corrected chi connectivity index (χ2v) is 10.8. The number of thiophene rings is 1.